The van der Waals surface area contributed by atoms with Crippen LogP contribution in [0.2, 0.25) is 0 Å². The maximum absolute atomic E-state index is 9.32. The number of aliphatic hydroxyl groups is 2. The van der Waals surface area contributed by atoms with Crippen LogP contribution in [0.25, 0.3) is 0 Å². The number of aliphatic hydroxyl groups excluding tert-OH is 2. The lowest BCUT2D eigenvalue weighted by atomic mass is 10.0. The fraction of sp³-hybridized carbons (Fsp3) is 1.00. The van der Waals surface area contributed by atoms with Gasteiger partial charge in [0.05, 0.1) is 12.7 Å². The third-order valence-electron chi connectivity index (χ3n) is 4.06. The second kappa shape index (κ2) is 4.81. The molecule has 0 amide bonds. The first-order chi connectivity index (χ1) is 7.22. The van der Waals surface area contributed by atoms with Crippen molar-refractivity contribution in [3.05, 3.63) is 0 Å². The fourth-order valence-electron chi connectivity index (χ4n) is 3.32. The van der Waals surface area contributed by atoms with E-state index >= 15 is 0 Å². The molecule has 2 aliphatic rings. The first kappa shape index (κ1) is 11.4. The number of hydrogen-bond acceptors (Lipinski definition) is 3. The van der Waals surface area contributed by atoms with Gasteiger partial charge in [0.15, 0.2) is 0 Å². The second-order valence-electron chi connectivity index (χ2n) is 5.17. The molecule has 0 radical (unpaired) electrons. The van der Waals surface area contributed by atoms with Crippen molar-refractivity contribution in [2.45, 2.75) is 69.7 Å². The summed E-state index contributed by atoms with van der Waals surface area (Å²) < 4.78 is 0. The highest BCUT2D eigenvalue weighted by molar-refractivity contribution is 4.97. The molecule has 2 heterocycles. The summed E-state index contributed by atoms with van der Waals surface area (Å²) in [5, 5.41) is 18.6. The molecular weight excluding hydrogens is 190 g/mol. The number of fused-ring (bicyclic) bond motifs is 1. The summed E-state index contributed by atoms with van der Waals surface area (Å²) in [6.45, 7) is 2.17. The zero-order valence-corrected chi connectivity index (χ0v) is 9.60. The van der Waals surface area contributed by atoms with Gasteiger partial charge in [-0.2, -0.15) is 0 Å². The molecule has 0 saturated carbocycles. The molecule has 4 atom stereocenters. The van der Waals surface area contributed by atoms with Crippen molar-refractivity contribution in [2.75, 3.05) is 6.61 Å². The third kappa shape index (κ3) is 2.35. The molecule has 2 fully saturated rings. The molecule has 3 nitrogen and oxygen atoms in total. The molecule has 2 N–H and O–H groups in total. The topological polar surface area (TPSA) is 43.7 Å². The minimum atomic E-state index is -0.181. The average Bonchev–Trinajstić information content (AvgIpc) is 2.75. The molecule has 0 spiro atoms. The molecule has 15 heavy (non-hydrogen) atoms. The Hall–Kier alpha value is -0.120. The van der Waals surface area contributed by atoms with Gasteiger partial charge in [0.2, 0.25) is 0 Å². The van der Waals surface area contributed by atoms with Crippen LogP contribution in [-0.4, -0.2) is 45.9 Å². The SMILES string of the molecule is CC(O)CC[C@H]1CC[C@@H]2CC[C@H](CO)N21. The van der Waals surface area contributed by atoms with Crippen LogP contribution in [0.15, 0.2) is 0 Å². The molecule has 2 rings (SSSR count). The van der Waals surface area contributed by atoms with Gasteiger partial charge in [0.25, 0.3) is 0 Å². The van der Waals surface area contributed by atoms with Crippen molar-refractivity contribution in [3.63, 3.8) is 0 Å². The molecule has 2 aliphatic heterocycles. The van der Waals surface area contributed by atoms with Crippen LogP contribution in [0.3, 0.4) is 0 Å². The minimum absolute atomic E-state index is 0.181. The summed E-state index contributed by atoms with van der Waals surface area (Å²) in [5.74, 6) is 0. The monoisotopic (exact) mass is 213 g/mol. The van der Waals surface area contributed by atoms with Crippen molar-refractivity contribution in [3.8, 4) is 0 Å². The van der Waals surface area contributed by atoms with Crippen molar-refractivity contribution in [1.82, 2.24) is 4.90 Å². The molecule has 0 aromatic heterocycles. The molecule has 0 aromatic rings. The molecule has 88 valence electrons. The van der Waals surface area contributed by atoms with E-state index in [9.17, 15) is 10.2 Å². The molecule has 0 aromatic carbocycles. The van der Waals surface area contributed by atoms with Crippen LogP contribution in [-0.2, 0) is 0 Å². The Morgan fingerprint density at radius 3 is 2.47 bits per heavy atom. The summed E-state index contributed by atoms with van der Waals surface area (Å²) in [6, 6.07) is 1.74. The summed E-state index contributed by atoms with van der Waals surface area (Å²) in [5.41, 5.74) is 0. The van der Waals surface area contributed by atoms with Crippen molar-refractivity contribution in [2.24, 2.45) is 0 Å². The average molecular weight is 213 g/mol. The zero-order valence-electron chi connectivity index (χ0n) is 9.60. The van der Waals surface area contributed by atoms with Gasteiger partial charge in [0.1, 0.15) is 0 Å². The molecule has 3 heteroatoms. The van der Waals surface area contributed by atoms with Gasteiger partial charge in [-0.25, -0.2) is 0 Å². The second-order valence-corrected chi connectivity index (χ2v) is 5.17. The quantitative estimate of drug-likeness (QED) is 0.736. The lowest BCUT2D eigenvalue weighted by Gasteiger charge is -2.29. The number of rotatable bonds is 4. The predicted octanol–water partition coefficient (Wildman–Crippen LogP) is 1.14. The van der Waals surface area contributed by atoms with E-state index < -0.39 is 0 Å². The zero-order chi connectivity index (χ0) is 10.8. The summed E-state index contributed by atoms with van der Waals surface area (Å²) in [4.78, 5) is 2.53. The maximum atomic E-state index is 9.32. The van der Waals surface area contributed by atoms with E-state index in [1.807, 2.05) is 6.92 Å². The van der Waals surface area contributed by atoms with Gasteiger partial charge < -0.3 is 10.2 Å². The lowest BCUT2D eigenvalue weighted by Crippen LogP contribution is -2.40. The summed E-state index contributed by atoms with van der Waals surface area (Å²) >= 11 is 0. The maximum Gasteiger partial charge on any atom is 0.0587 e. The van der Waals surface area contributed by atoms with Crippen molar-refractivity contribution in [1.29, 1.82) is 0 Å². The predicted molar refractivity (Wildman–Crippen MR) is 59.7 cm³/mol. The van der Waals surface area contributed by atoms with E-state index in [0.29, 0.717) is 18.7 Å². The fourth-order valence-corrected chi connectivity index (χ4v) is 3.32. The highest BCUT2D eigenvalue weighted by Gasteiger charge is 2.41. The largest absolute Gasteiger partial charge is 0.395 e. The Labute approximate surface area is 92.1 Å². The Balaban J connectivity index is 1.89. The Morgan fingerprint density at radius 2 is 1.87 bits per heavy atom. The van der Waals surface area contributed by atoms with E-state index in [1.54, 1.807) is 0 Å². The van der Waals surface area contributed by atoms with Crippen molar-refractivity contribution >= 4 is 0 Å². The van der Waals surface area contributed by atoms with Gasteiger partial charge in [-0.1, -0.05) is 0 Å². The third-order valence-corrected chi connectivity index (χ3v) is 4.06. The highest BCUT2D eigenvalue weighted by Crippen LogP contribution is 2.38. The van der Waals surface area contributed by atoms with Crippen LogP contribution in [0.5, 0.6) is 0 Å². The van der Waals surface area contributed by atoms with Crippen LogP contribution in [0.4, 0.5) is 0 Å². The standard InChI is InChI=1S/C12H23NO2/c1-9(15)2-3-10-4-5-11-6-7-12(8-14)13(10)11/h9-12,14-15H,2-8H2,1H3/t9?,10-,11+,12+/m0/s1. The van der Waals surface area contributed by atoms with E-state index in [4.69, 9.17) is 0 Å². The van der Waals surface area contributed by atoms with Crippen molar-refractivity contribution < 1.29 is 10.2 Å². The van der Waals surface area contributed by atoms with Crippen LogP contribution < -0.4 is 0 Å². The number of nitrogens with zero attached hydrogens (tertiary/aromatic N) is 1. The summed E-state index contributed by atoms with van der Waals surface area (Å²) in [6.07, 6.45) is 6.77. The first-order valence-corrected chi connectivity index (χ1v) is 6.28. The lowest BCUT2D eigenvalue weighted by molar-refractivity contribution is 0.103. The van der Waals surface area contributed by atoms with Gasteiger partial charge in [-0.3, -0.25) is 4.90 Å². The normalized spacial score (nSPS) is 38.2. The Kier molecular flexibility index (Phi) is 3.65. The Morgan fingerprint density at radius 1 is 1.20 bits per heavy atom. The van der Waals surface area contributed by atoms with E-state index in [1.165, 1.54) is 19.3 Å². The van der Waals surface area contributed by atoms with Crippen LogP contribution in [0, 0.1) is 0 Å². The van der Waals surface area contributed by atoms with Gasteiger partial charge in [0, 0.05) is 18.1 Å². The van der Waals surface area contributed by atoms with E-state index in [2.05, 4.69) is 4.90 Å². The first-order valence-electron chi connectivity index (χ1n) is 6.28. The van der Waals surface area contributed by atoms with Gasteiger partial charge >= 0.3 is 0 Å². The smallest absolute Gasteiger partial charge is 0.0587 e. The minimum Gasteiger partial charge on any atom is -0.395 e. The van der Waals surface area contributed by atoms with Crippen LogP contribution in [0.1, 0.15) is 45.4 Å². The molecular formula is C12H23NO2. The van der Waals surface area contributed by atoms with E-state index in [0.717, 1.165) is 25.3 Å². The Bertz CT molecular complexity index is 208. The molecule has 1 unspecified atom stereocenters. The molecule has 0 aliphatic carbocycles. The van der Waals surface area contributed by atoms with Gasteiger partial charge in [-0.15, -0.1) is 0 Å². The highest BCUT2D eigenvalue weighted by atomic mass is 16.3. The van der Waals surface area contributed by atoms with E-state index in [-0.39, 0.29) is 6.10 Å². The number of hydrogen-bond donors (Lipinski definition) is 2. The molecule has 2 saturated heterocycles. The summed E-state index contributed by atoms with van der Waals surface area (Å²) in [7, 11) is 0. The van der Waals surface area contributed by atoms with Gasteiger partial charge in [-0.05, 0) is 45.4 Å². The molecule has 0 bridgehead atoms. The van der Waals surface area contributed by atoms with Crippen LogP contribution >= 0.6 is 0 Å².